The zero-order valence-corrected chi connectivity index (χ0v) is 23.3. The van der Waals surface area contributed by atoms with Gasteiger partial charge in [-0.15, -0.1) is 23.2 Å². The fourth-order valence-corrected chi connectivity index (χ4v) is 5.19. The number of nitrogens with one attached hydrogen (secondary N) is 3. The number of anilines is 3. The average Bonchev–Trinajstić information content (AvgIpc) is 3.49. The van der Waals surface area contributed by atoms with E-state index >= 15 is 0 Å². The Labute approximate surface area is 255 Å². The minimum atomic E-state index is -5.48. The molecule has 0 unspecified atom stereocenters. The monoisotopic (exact) mass is 691 g/mol. The van der Waals surface area contributed by atoms with Crippen LogP contribution in [0.4, 0.5) is 56.6 Å². The van der Waals surface area contributed by atoms with Gasteiger partial charge in [0.25, 0.3) is 5.91 Å². The first-order chi connectivity index (χ1) is 20.2. The van der Waals surface area contributed by atoms with E-state index in [9.17, 15) is 53.9 Å². The molecule has 0 bridgehead atoms. The molecule has 1 saturated carbocycles. The first-order valence-electron chi connectivity index (χ1n) is 11.8. The SMILES string of the molecule is O=C(Nc1ccc(F)c(NC(=O)C(F)(F)F)c1F)c1cc(NC(=O)[C@H]2[C@H](c3ccc(F)c(C(F)(F)F)c3)C2(Cl)Cl)ccc1Cl. The Balaban J connectivity index is 1.53. The van der Waals surface area contributed by atoms with Gasteiger partial charge in [0.2, 0.25) is 5.91 Å². The molecule has 3 aromatic carbocycles. The third kappa shape index (κ3) is 6.69. The van der Waals surface area contributed by atoms with E-state index in [2.05, 4.69) is 5.32 Å². The van der Waals surface area contributed by atoms with Gasteiger partial charge in [-0.05, 0) is 48.0 Å². The molecule has 234 valence electrons. The molecule has 0 aliphatic heterocycles. The highest BCUT2D eigenvalue weighted by Gasteiger charge is 2.67. The van der Waals surface area contributed by atoms with Crippen LogP contribution in [0, 0.1) is 23.4 Å². The van der Waals surface area contributed by atoms with Crippen molar-refractivity contribution in [3.8, 4) is 0 Å². The molecule has 0 heterocycles. The molecule has 6 nitrogen and oxygen atoms in total. The van der Waals surface area contributed by atoms with Crippen LogP contribution in [0.2, 0.25) is 5.02 Å². The van der Waals surface area contributed by atoms with E-state index in [-0.39, 0.29) is 16.3 Å². The van der Waals surface area contributed by atoms with Crippen molar-refractivity contribution in [2.24, 2.45) is 5.92 Å². The number of rotatable bonds is 6. The first kappa shape index (κ1) is 33.2. The predicted molar refractivity (Wildman–Crippen MR) is 141 cm³/mol. The summed E-state index contributed by atoms with van der Waals surface area (Å²) in [6.07, 6.45) is -10.5. The van der Waals surface area contributed by atoms with E-state index in [0.29, 0.717) is 24.3 Å². The molecule has 1 aliphatic rings. The van der Waals surface area contributed by atoms with Gasteiger partial charge in [0.05, 0.1) is 27.8 Å². The maximum atomic E-state index is 14.7. The van der Waals surface area contributed by atoms with Gasteiger partial charge in [-0.1, -0.05) is 17.7 Å². The number of halogens is 12. The van der Waals surface area contributed by atoms with Crippen molar-refractivity contribution in [3.05, 3.63) is 87.7 Å². The van der Waals surface area contributed by atoms with Crippen molar-refractivity contribution in [3.63, 3.8) is 0 Å². The highest BCUT2D eigenvalue weighted by molar-refractivity contribution is 6.53. The summed E-state index contributed by atoms with van der Waals surface area (Å²) in [4.78, 5) is 36.9. The largest absolute Gasteiger partial charge is 0.471 e. The molecule has 44 heavy (non-hydrogen) atoms. The highest BCUT2D eigenvalue weighted by atomic mass is 35.5. The quantitative estimate of drug-likeness (QED) is 0.181. The van der Waals surface area contributed by atoms with Crippen LogP contribution in [0.25, 0.3) is 0 Å². The fraction of sp³-hybridized carbons (Fsp3) is 0.192. The van der Waals surface area contributed by atoms with E-state index < -0.39 is 86.2 Å². The van der Waals surface area contributed by atoms with Gasteiger partial charge < -0.3 is 16.0 Å². The Morgan fingerprint density at radius 1 is 0.795 bits per heavy atom. The molecule has 0 aromatic heterocycles. The second kappa shape index (κ2) is 11.7. The molecule has 0 spiro atoms. The Morgan fingerprint density at radius 2 is 1.43 bits per heavy atom. The van der Waals surface area contributed by atoms with Gasteiger partial charge in [-0.3, -0.25) is 14.4 Å². The maximum Gasteiger partial charge on any atom is 0.471 e. The minimum absolute atomic E-state index is 0.132. The van der Waals surface area contributed by atoms with Crippen LogP contribution in [-0.2, 0) is 15.8 Å². The number of benzene rings is 3. The summed E-state index contributed by atoms with van der Waals surface area (Å²) < 4.78 is 118. The summed E-state index contributed by atoms with van der Waals surface area (Å²) in [7, 11) is 0. The van der Waals surface area contributed by atoms with Crippen LogP contribution >= 0.6 is 34.8 Å². The number of hydrogen-bond donors (Lipinski definition) is 3. The smallest absolute Gasteiger partial charge is 0.326 e. The summed E-state index contributed by atoms with van der Waals surface area (Å²) in [5.74, 6) is -12.2. The molecule has 0 saturated heterocycles. The van der Waals surface area contributed by atoms with Gasteiger partial charge in [-0.2, -0.15) is 26.3 Å². The van der Waals surface area contributed by atoms with Gasteiger partial charge in [0.1, 0.15) is 21.7 Å². The average molecular weight is 693 g/mol. The lowest BCUT2D eigenvalue weighted by molar-refractivity contribution is -0.167. The molecule has 1 aliphatic carbocycles. The number of carbonyl (C=O) groups is 3. The van der Waals surface area contributed by atoms with E-state index in [0.717, 1.165) is 23.5 Å². The number of carbonyl (C=O) groups excluding carboxylic acids is 3. The van der Waals surface area contributed by atoms with Crippen LogP contribution in [0.3, 0.4) is 0 Å². The second-order valence-corrected chi connectivity index (χ2v) is 11.1. The van der Waals surface area contributed by atoms with Crippen LogP contribution in [0.15, 0.2) is 48.5 Å². The minimum Gasteiger partial charge on any atom is -0.326 e. The molecule has 4 rings (SSSR count). The van der Waals surface area contributed by atoms with Crippen LogP contribution in [-0.4, -0.2) is 28.2 Å². The van der Waals surface area contributed by atoms with Gasteiger partial charge in [0.15, 0.2) is 5.82 Å². The molecule has 18 heteroatoms. The zero-order valence-electron chi connectivity index (χ0n) is 21.0. The third-order valence-electron chi connectivity index (χ3n) is 6.30. The summed E-state index contributed by atoms with van der Waals surface area (Å²) in [5, 5.41) is 5.06. The Bertz CT molecular complexity index is 1680. The topological polar surface area (TPSA) is 87.3 Å². The third-order valence-corrected chi connectivity index (χ3v) is 7.57. The van der Waals surface area contributed by atoms with Crippen molar-refractivity contribution in [1.29, 1.82) is 0 Å². The van der Waals surface area contributed by atoms with Gasteiger partial charge in [0, 0.05) is 11.6 Å². The molecule has 0 radical (unpaired) electrons. The predicted octanol–water partition coefficient (Wildman–Crippen LogP) is 8.06. The van der Waals surface area contributed by atoms with E-state index in [1.807, 2.05) is 5.32 Å². The van der Waals surface area contributed by atoms with Crippen LogP contribution in [0.5, 0.6) is 0 Å². The summed E-state index contributed by atoms with van der Waals surface area (Å²) in [5.41, 5.74) is -4.68. The lowest BCUT2D eigenvalue weighted by atomic mass is 10.0. The van der Waals surface area contributed by atoms with Crippen molar-refractivity contribution < 1.29 is 53.9 Å². The number of alkyl halides is 8. The molecular formula is C26H13Cl3F9N3O3. The fourth-order valence-electron chi connectivity index (χ4n) is 4.16. The van der Waals surface area contributed by atoms with Crippen LogP contribution in [0.1, 0.15) is 27.4 Å². The second-order valence-electron chi connectivity index (χ2n) is 9.24. The molecule has 1 fully saturated rings. The molecule has 3 amide bonds. The van der Waals surface area contributed by atoms with E-state index in [1.54, 1.807) is 0 Å². The maximum absolute atomic E-state index is 14.7. The summed E-state index contributed by atoms with van der Waals surface area (Å²) in [6, 6.07) is 6.42. The van der Waals surface area contributed by atoms with Crippen molar-refractivity contribution >= 4 is 69.6 Å². The number of amides is 3. The zero-order chi connectivity index (χ0) is 32.9. The first-order valence-corrected chi connectivity index (χ1v) is 12.9. The Hall–Kier alpha value is -3.69. The van der Waals surface area contributed by atoms with Gasteiger partial charge >= 0.3 is 18.3 Å². The van der Waals surface area contributed by atoms with Crippen molar-refractivity contribution in [1.82, 2.24) is 0 Å². The standard InChI is InChI=1S/C26H13Cl3F9N3O3/c27-13-3-2-10(39-22(43)18-17(24(18,28)29)9-1-4-14(30)12(7-9)25(33,34)35)8-11(13)21(42)40-16-6-5-15(31)20(19(16)32)41-23(44)26(36,37)38/h1-8,17-18H,(H,39,43)(H,40,42)(H,41,44)/t17-,18+/m0/s1. The molecule has 3 N–H and O–H groups in total. The lowest BCUT2D eigenvalue weighted by Crippen LogP contribution is -2.31. The normalized spacial score (nSPS) is 17.5. The molecule has 3 aromatic rings. The van der Waals surface area contributed by atoms with E-state index in [1.165, 1.54) is 6.07 Å². The Kier molecular flexibility index (Phi) is 8.81. The van der Waals surface area contributed by atoms with Crippen molar-refractivity contribution in [2.75, 3.05) is 16.0 Å². The highest BCUT2D eigenvalue weighted by Crippen LogP contribution is 2.65. The lowest BCUT2D eigenvalue weighted by Gasteiger charge is -2.14. The Morgan fingerprint density at radius 3 is 2.05 bits per heavy atom. The summed E-state index contributed by atoms with van der Waals surface area (Å²) >= 11 is 18.3. The van der Waals surface area contributed by atoms with Gasteiger partial charge in [-0.25, -0.2) is 13.2 Å². The molecule has 2 atom stereocenters. The number of hydrogen-bond acceptors (Lipinski definition) is 3. The molecular weight excluding hydrogens is 680 g/mol. The van der Waals surface area contributed by atoms with Crippen LogP contribution < -0.4 is 16.0 Å². The van der Waals surface area contributed by atoms with Crippen molar-refractivity contribution in [2.45, 2.75) is 22.6 Å². The van der Waals surface area contributed by atoms with E-state index in [4.69, 9.17) is 34.8 Å². The summed E-state index contributed by atoms with van der Waals surface area (Å²) in [6.45, 7) is 0.